The Balaban J connectivity index is 2.12. The maximum atomic E-state index is 11.3. The number of amides is 1. The first-order chi connectivity index (χ1) is 9.49. The van der Waals surface area contributed by atoms with Crippen LogP contribution in [0, 0.1) is 5.92 Å². The van der Waals surface area contributed by atoms with Gasteiger partial charge in [0.1, 0.15) is 5.75 Å². The summed E-state index contributed by atoms with van der Waals surface area (Å²) in [7, 11) is 0. The van der Waals surface area contributed by atoms with Crippen LogP contribution in [0.1, 0.15) is 33.6 Å². The average Bonchev–Trinajstić information content (AvgIpc) is 2.40. The Morgan fingerprint density at radius 3 is 2.90 bits per heavy atom. The molecule has 1 aliphatic rings. The lowest BCUT2D eigenvalue weighted by Crippen LogP contribution is -2.26. The molecular formula is C15H23N3O2. The van der Waals surface area contributed by atoms with Crippen molar-refractivity contribution in [2.75, 3.05) is 23.0 Å². The molecular weight excluding hydrogens is 254 g/mol. The van der Waals surface area contributed by atoms with Gasteiger partial charge in [-0.2, -0.15) is 0 Å². The van der Waals surface area contributed by atoms with Crippen LogP contribution in [0.3, 0.4) is 0 Å². The summed E-state index contributed by atoms with van der Waals surface area (Å²) >= 11 is 0. The van der Waals surface area contributed by atoms with E-state index in [1.165, 1.54) is 0 Å². The van der Waals surface area contributed by atoms with E-state index in [-0.39, 0.29) is 12.5 Å². The summed E-state index contributed by atoms with van der Waals surface area (Å²) in [5, 5.41) is 6.20. The molecule has 0 aliphatic carbocycles. The monoisotopic (exact) mass is 277 g/mol. The van der Waals surface area contributed by atoms with Gasteiger partial charge in [0.15, 0.2) is 6.61 Å². The second kappa shape index (κ2) is 6.03. The molecule has 0 saturated carbocycles. The molecule has 110 valence electrons. The van der Waals surface area contributed by atoms with Crippen LogP contribution in [0.4, 0.5) is 17.1 Å². The largest absolute Gasteiger partial charge is 0.482 e. The molecule has 1 amide bonds. The molecule has 4 N–H and O–H groups in total. The normalized spacial score (nSPS) is 16.6. The van der Waals surface area contributed by atoms with E-state index >= 15 is 0 Å². The smallest absolute Gasteiger partial charge is 0.262 e. The molecule has 0 aromatic heterocycles. The van der Waals surface area contributed by atoms with E-state index in [4.69, 9.17) is 10.5 Å². The van der Waals surface area contributed by atoms with Crippen LogP contribution in [0.25, 0.3) is 0 Å². The highest BCUT2D eigenvalue weighted by Gasteiger charge is 2.18. The highest BCUT2D eigenvalue weighted by Crippen LogP contribution is 2.35. The lowest BCUT2D eigenvalue weighted by atomic mass is 10.00. The summed E-state index contributed by atoms with van der Waals surface area (Å²) in [6.45, 7) is 6.61. The third-order valence-corrected chi connectivity index (χ3v) is 3.64. The second-order valence-electron chi connectivity index (χ2n) is 5.57. The third kappa shape index (κ3) is 3.35. The van der Waals surface area contributed by atoms with E-state index < -0.39 is 0 Å². The molecule has 20 heavy (non-hydrogen) atoms. The lowest BCUT2D eigenvalue weighted by molar-refractivity contribution is -0.118. The molecule has 0 saturated heterocycles. The predicted octanol–water partition coefficient (Wildman–Crippen LogP) is 2.84. The van der Waals surface area contributed by atoms with Crippen LogP contribution in [-0.2, 0) is 4.79 Å². The Morgan fingerprint density at radius 1 is 1.45 bits per heavy atom. The van der Waals surface area contributed by atoms with Gasteiger partial charge in [-0.15, -0.1) is 0 Å². The number of carbonyl (C=O) groups is 1. The zero-order chi connectivity index (χ0) is 14.7. The van der Waals surface area contributed by atoms with Crippen molar-refractivity contribution in [1.29, 1.82) is 0 Å². The maximum Gasteiger partial charge on any atom is 0.262 e. The van der Waals surface area contributed by atoms with Crippen molar-refractivity contribution < 1.29 is 9.53 Å². The molecule has 0 fully saturated rings. The molecule has 1 aliphatic heterocycles. The molecule has 0 spiro atoms. The Kier molecular flexibility index (Phi) is 4.37. The van der Waals surface area contributed by atoms with E-state index in [9.17, 15) is 4.79 Å². The van der Waals surface area contributed by atoms with Crippen LogP contribution >= 0.6 is 0 Å². The molecule has 1 aromatic carbocycles. The zero-order valence-corrected chi connectivity index (χ0v) is 12.3. The molecule has 2 unspecified atom stereocenters. The van der Waals surface area contributed by atoms with Gasteiger partial charge in [-0.1, -0.05) is 20.3 Å². The molecule has 2 atom stereocenters. The van der Waals surface area contributed by atoms with Gasteiger partial charge in [0, 0.05) is 12.1 Å². The quantitative estimate of drug-likeness (QED) is 0.723. The van der Waals surface area contributed by atoms with Gasteiger partial charge >= 0.3 is 0 Å². The van der Waals surface area contributed by atoms with Gasteiger partial charge in [-0.25, -0.2) is 0 Å². The van der Waals surface area contributed by atoms with Crippen molar-refractivity contribution in [3.63, 3.8) is 0 Å². The van der Waals surface area contributed by atoms with Gasteiger partial charge in [-0.05, 0) is 25.3 Å². The summed E-state index contributed by atoms with van der Waals surface area (Å²) in [5.41, 5.74) is 8.18. The van der Waals surface area contributed by atoms with Gasteiger partial charge < -0.3 is 21.1 Å². The number of nitrogen functional groups attached to an aromatic ring is 1. The van der Waals surface area contributed by atoms with Crippen LogP contribution < -0.4 is 21.1 Å². The molecule has 0 radical (unpaired) electrons. The second-order valence-corrected chi connectivity index (χ2v) is 5.57. The summed E-state index contributed by atoms with van der Waals surface area (Å²) < 4.78 is 5.34. The van der Waals surface area contributed by atoms with Crippen LogP contribution in [-0.4, -0.2) is 18.6 Å². The lowest BCUT2D eigenvalue weighted by Gasteiger charge is -2.23. The number of hydrogen-bond acceptors (Lipinski definition) is 4. The highest BCUT2D eigenvalue weighted by molar-refractivity contribution is 5.97. The van der Waals surface area contributed by atoms with Gasteiger partial charge in [0.2, 0.25) is 0 Å². The predicted molar refractivity (Wildman–Crippen MR) is 82.1 cm³/mol. The summed E-state index contributed by atoms with van der Waals surface area (Å²) in [5.74, 6) is 1.16. The molecule has 1 heterocycles. The minimum atomic E-state index is -0.138. The zero-order valence-electron chi connectivity index (χ0n) is 12.3. The van der Waals surface area contributed by atoms with E-state index in [0.717, 1.165) is 18.5 Å². The fourth-order valence-corrected chi connectivity index (χ4v) is 2.36. The van der Waals surface area contributed by atoms with Crippen LogP contribution in [0.2, 0.25) is 0 Å². The van der Waals surface area contributed by atoms with Crippen molar-refractivity contribution in [3.8, 4) is 5.75 Å². The first-order valence-electron chi connectivity index (χ1n) is 7.12. The Morgan fingerprint density at radius 2 is 2.20 bits per heavy atom. The first kappa shape index (κ1) is 14.5. The number of hydrogen-bond donors (Lipinski definition) is 3. The van der Waals surface area contributed by atoms with Gasteiger partial charge in [0.05, 0.1) is 17.1 Å². The number of fused-ring (bicyclic) bond motifs is 1. The Labute approximate surface area is 119 Å². The summed E-state index contributed by atoms with van der Waals surface area (Å²) in [4.78, 5) is 11.3. The molecule has 5 heteroatoms. The summed E-state index contributed by atoms with van der Waals surface area (Å²) in [6, 6.07) is 3.92. The number of ether oxygens (including phenoxy) is 1. The first-order valence-corrected chi connectivity index (χ1v) is 7.12. The maximum absolute atomic E-state index is 11.3. The van der Waals surface area contributed by atoms with E-state index in [1.807, 2.05) is 6.07 Å². The summed E-state index contributed by atoms with van der Waals surface area (Å²) in [6.07, 6.45) is 2.24. The van der Waals surface area contributed by atoms with Crippen LogP contribution in [0.5, 0.6) is 5.75 Å². The minimum Gasteiger partial charge on any atom is -0.482 e. The third-order valence-electron chi connectivity index (χ3n) is 3.64. The Hall–Kier alpha value is -1.91. The molecule has 1 aromatic rings. The molecule has 2 rings (SSSR count). The van der Waals surface area contributed by atoms with Crippen molar-refractivity contribution in [2.45, 2.75) is 39.7 Å². The van der Waals surface area contributed by atoms with Crippen molar-refractivity contribution >= 4 is 23.0 Å². The number of nitrogens with two attached hydrogens (primary N) is 1. The Bertz CT molecular complexity index is 502. The van der Waals surface area contributed by atoms with E-state index in [1.54, 1.807) is 6.07 Å². The number of anilines is 3. The SMILES string of the molecule is CCC(C)CC(C)Nc1cc2c(cc1N)OCC(=O)N2. The fourth-order valence-electron chi connectivity index (χ4n) is 2.36. The van der Waals surface area contributed by atoms with E-state index in [2.05, 4.69) is 31.4 Å². The van der Waals surface area contributed by atoms with Crippen molar-refractivity contribution in [2.24, 2.45) is 5.92 Å². The molecule has 0 bridgehead atoms. The average molecular weight is 277 g/mol. The topological polar surface area (TPSA) is 76.4 Å². The van der Waals surface area contributed by atoms with Gasteiger partial charge in [0.25, 0.3) is 5.91 Å². The number of rotatable bonds is 5. The van der Waals surface area contributed by atoms with Crippen LogP contribution in [0.15, 0.2) is 12.1 Å². The highest BCUT2D eigenvalue weighted by atomic mass is 16.5. The number of benzene rings is 1. The number of carbonyl (C=O) groups excluding carboxylic acids is 1. The van der Waals surface area contributed by atoms with Gasteiger partial charge in [-0.3, -0.25) is 4.79 Å². The standard InChI is InChI=1S/C15H23N3O2/c1-4-9(2)5-10(3)17-12-7-13-14(6-11(12)16)20-8-15(19)18-13/h6-7,9-10,17H,4-5,8,16H2,1-3H3,(H,18,19). The van der Waals surface area contributed by atoms with Crippen molar-refractivity contribution in [1.82, 2.24) is 0 Å². The fraction of sp³-hybridized carbons (Fsp3) is 0.533. The molecule has 5 nitrogen and oxygen atoms in total. The van der Waals surface area contributed by atoms with Crippen molar-refractivity contribution in [3.05, 3.63) is 12.1 Å². The number of nitrogens with one attached hydrogen (secondary N) is 2. The van der Waals surface area contributed by atoms with E-state index in [0.29, 0.717) is 29.1 Å². The minimum absolute atomic E-state index is 0.0453.